The number of hydrogen-bond donors (Lipinski definition) is 2. The molecule has 1 rings (SSSR count). The summed E-state index contributed by atoms with van der Waals surface area (Å²) >= 11 is 0. The third-order valence-electron chi connectivity index (χ3n) is 2.30. The molecule has 0 spiro atoms. The largest absolute Gasteiger partial charge is 0.330 e. The Morgan fingerprint density at radius 2 is 2.19 bits per heavy atom. The van der Waals surface area contributed by atoms with Crippen molar-refractivity contribution in [3.8, 4) is 0 Å². The van der Waals surface area contributed by atoms with Gasteiger partial charge in [-0.25, -0.2) is 4.39 Å². The van der Waals surface area contributed by atoms with Crippen molar-refractivity contribution in [3.05, 3.63) is 30.1 Å². The standard InChI is InChI=1S/C12H17FN2O/c1-12(2,8-14)7-11(16)15-10-5-3-4-9(13)6-10/h3-6H,7-8,14H2,1-2H3,(H,15,16). The maximum atomic E-state index is 12.9. The van der Waals surface area contributed by atoms with Gasteiger partial charge in [0.25, 0.3) is 0 Å². The van der Waals surface area contributed by atoms with Crippen molar-refractivity contribution in [2.24, 2.45) is 11.1 Å². The van der Waals surface area contributed by atoms with Crippen LogP contribution >= 0.6 is 0 Å². The SMILES string of the molecule is CC(C)(CN)CC(=O)Nc1cccc(F)c1. The van der Waals surface area contributed by atoms with Gasteiger partial charge in [-0.2, -0.15) is 0 Å². The van der Waals surface area contributed by atoms with Crippen LogP contribution < -0.4 is 11.1 Å². The minimum Gasteiger partial charge on any atom is -0.330 e. The van der Waals surface area contributed by atoms with Gasteiger partial charge in [-0.3, -0.25) is 4.79 Å². The zero-order chi connectivity index (χ0) is 12.2. The van der Waals surface area contributed by atoms with Crippen LogP contribution in [0, 0.1) is 11.2 Å². The second-order valence-corrected chi connectivity index (χ2v) is 4.60. The molecule has 1 aromatic carbocycles. The lowest BCUT2D eigenvalue weighted by molar-refractivity contribution is -0.117. The van der Waals surface area contributed by atoms with E-state index in [1.54, 1.807) is 12.1 Å². The smallest absolute Gasteiger partial charge is 0.224 e. The number of amides is 1. The third kappa shape index (κ3) is 3.98. The summed E-state index contributed by atoms with van der Waals surface area (Å²) in [4.78, 5) is 11.6. The fourth-order valence-electron chi connectivity index (χ4n) is 1.28. The van der Waals surface area contributed by atoms with Crippen molar-refractivity contribution in [2.45, 2.75) is 20.3 Å². The zero-order valence-corrected chi connectivity index (χ0v) is 9.59. The van der Waals surface area contributed by atoms with Crippen LogP contribution in [0.4, 0.5) is 10.1 Å². The van der Waals surface area contributed by atoms with E-state index in [2.05, 4.69) is 5.32 Å². The Morgan fingerprint density at radius 1 is 1.50 bits per heavy atom. The van der Waals surface area contributed by atoms with Crippen LogP contribution in [-0.4, -0.2) is 12.5 Å². The van der Waals surface area contributed by atoms with Crippen molar-refractivity contribution in [1.29, 1.82) is 0 Å². The van der Waals surface area contributed by atoms with E-state index in [0.29, 0.717) is 18.7 Å². The van der Waals surface area contributed by atoms with E-state index in [0.717, 1.165) is 0 Å². The number of carbonyl (C=O) groups is 1. The van der Waals surface area contributed by atoms with Crippen LogP contribution in [0.25, 0.3) is 0 Å². The zero-order valence-electron chi connectivity index (χ0n) is 9.59. The molecule has 3 nitrogen and oxygen atoms in total. The van der Waals surface area contributed by atoms with Gasteiger partial charge in [-0.15, -0.1) is 0 Å². The molecule has 0 aromatic heterocycles. The Bertz CT molecular complexity index is 377. The molecule has 0 heterocycles. The van der Waals surface area contributed by atoms with Gasteiger partial charge in [0.15, 0.2) is 0 Å². The van der Waals surface area contributed by atoms with E-state index >= 15 is 0 Å². The monoisotopic (exact) mass is 224 g/mol. The number of nitrogens with one attached hydrogen (secondary N) is 1. The summed E-state index contributed by atoms with van der Waals surface area (Å²) in [5.41, 5.74) is 5.76. The van der Waals surface area contributed by atoms with E-state index < -0.39 is 0 Å². The molecular formula is C12H17FN2O. The Kier molecular flexibility index (Phi) is 4.01. The first kappa shape index (κ1) is 12.6. The Hall–Kier alpha value is -1.42. The third-order valence-corrected chi connectivity index (χ3v) is 2.30. The van der Waals surface area contributed by atoms with Gasteiger partial charge in [0, 0.05) is 12.1 Å². The normalized spacial score (nSPS) is 11.2. The molecule has 0 aliphatic heterocycles. The number of nitrogens with two attached hydrogens (primary N) is 1. The van der Waals surface area contributed by atoms with E-state index in [-0.39, 0.29) is 17.1 Å². The molecule has 0 aliphatic rings. The average Bonchev–Trinajstić information content (AvgIpc) is 2.16. The highest BCUT2D eigenvalue weighted by atomic mass is 19.1. The van der Waals surface area contributed by atoms with Crippen LogP contribution in [-0.2, 0) is 4.79 Å². The number of carbonyl (C=O) groups excluding carboxylic acids is 1. The Balaban J connectivity index is 2.59. The first-order chi connectivity index (χ1) is 7.43. The lowest BCUT2D eigenvalue weighted by Crippen LogP contribution is -2.29. The first-order valence-corrected chi connectivity index (χ1v) is 5.18. The summed E-state index contributed by atoms with van der Waals surface area (Å²) in [5.74, 6) is -0.517. The summed E-state index contributed by atoms with van der Waals surface area (Å²) in [5, 5.41) is 2.64. The quantitative estimate of drug-likeness (QED) is 0.823. The maximum Gasteiger partial charge on any atom is 0.224 e. The second-order valence-electron chi connectivity index (χ2n) is 4.60. The molecule has 16 heavy (non-hydrogen) atoms. The molecule has 1 amide bonds. The topological polar surface area (TPSA) is 55.1 Å². The van der Waals surface area contributed by atoms with E-state index in [1.165, 1.54) is 12.1 Å². The predicted octanol–water partition coefficient (Wildman–Crippen LogP) is 2.14. The van der Waals surface area contributed by atoms with Gasteiger partial charge in [-0.1, -0.05) is 19.9 Å². The molecule has 0 aliphatic carbocycles. The van der Waals surface area contributed by atoms with E-state index in [1.807, 2.05) is 13.8 Å². The number of benzene rings is 1. The van der Waals surface area contributed by atoms with Crippen LogP contribution in [0.3, 0.4) is 0 Å². The molecule has 3 N–H and O–H groups in total. The molecule has 88 valence electrons. The highest BCUT2D eigenvalue weighted by Crippen LogP contribution is 2.19. The van der Waals surface area contributed by atoms with Crippen molar-refractivity contribution in [3.63, 3.8) is 0 Å². The van der Waals surface area contributed by atoms with E-state index in [4.69, 9.17) is 5.73 Å². The maximum absolute atomic E-state index is 12.9. The molecule has 0 unspecified atom stereocenters. The Labute approximate surface area is 94.8 Å². The first-order valence-electron chi connectivity index (χ1n) is 5.18. The van der Waals surface area contributed by atoms with E-state index in [9.17, 15) is 9.18 Å². The summed E-state index contributed by atoms with van der Waals surface area (Å²) in [7, 11) is 0. The summed E-state index contributed by atoms with van der Waals surface area (Å²) < 4.78 is 12.9. The number of rotatable bonds is 4. The summed E-state index contributed by atoms with van der Waals surface area (Å²) in [6.45, 7) is 4.26. The lowest BCUT2D eigenvalue weighted by atomic mass is 9.89. The van der Waals surface area contributed by atoms with Crippen LogP contribution in [0.2, 0.25) is 0 Å². The van der Waals surface area contributed by atoms with Crippen LogP contribution in [0.5, 0.6) is 0 Å². The molecule has 0 fully saturated rings. The minimum absolute atomic E-state index is 0.152. The lowest BCUT2D eigenvalue weighted by Gasteiger charge is -2.21. The van der Waals surface area contributed by atoms with Gasteiger partial charge in [0.1, 0.15) is 5.82 Å². The molecule has 0 saturated carbocycles. The number of anilines is 1. The highest BCUT2D eigenvalue weighted by molar-refractivity contribution is 5.91. The second kappa shape index (κ2) is 5.07. The van der Waals surface area contributed by atoms with Crippen molar-refractivity contribution < 1.29 is 9.18 Å². The van der Waals surface area contributed by atoms with Crippen molar-refractivity contribution in [2.75, 3.05) is 11.9 Å². The van der Waals surface area contributed by atoms with Crippen molar-refractivity contribution >= 4 is 11.6 Å². The van der Waals surface area contributed by atoms with Gasteiger partial charge in [0.2, 0.25) is 5.91 Å². The summed E-state index contributed by atoms with van der Waals surface area (Å²) in [6, 6.07) is 5.82. The fraction of sp³-hybridized carbons (Fsp3) is 0.417. The molecular weight excluding hydrogens is 207 g/mol. The van der Waals surface area contributed by atoms with Gasteiger partial charge in [-0.05, 0) is 30.2 Å². The molecule has 1 aromatic rings. The minimum atomic E-state index is -0.365. The van der Waals surface area contributed by atoms with Crippen LogP contribution in [0.15, 0.2) is 24.3 Å². The molecule has 0 saturated heterocycles. The molecule has 0 atom stereocenters. The highest BCUT2D eigenvalue weighted by Gasteiger charge is 2.20. The van der Waals surface area contributed by atoms with Crippen molar-refractivity contribution in [1.82, 2.24) is 0 Å². The number of hydrogen-bond acceptors (Lipinski definition) is 2. The van der Waals surface area contributed by atoms with Gasteiger partial charge >= 0.3 is 0 Å². The summed E-state index contributed by atoms with van der Waals surface area (Å²) in [6.07, 6.45) is 0.319. The average molecular weight is 224 g/mol. The number of halogens is 1. The predicted molar refractivity (Wildman–Crippen MR) is 62.5 cm³/mol. The Morgan fingerprint density at radius 3 is 2.75 bits per heavy atom. The molecule has 4 heteroatoms. The van der Waals surface area contributed by atoms with Gasteiger partial charge in [0.05, 0.1) is 0 Å². The fourth-order valence-corrected chi connectivity index (χ4v) is 1.28. The molecule has 0 radical (unpaired) electrons. The molecule has 0 bridgehead atoms. The van der Waals surface area contributed by atoms with Crippen LogP contribution in [0.1, 0.15) is 20.3 Å². The van der Waals surface area contributed by atoms with Gasteiger partial charge < -0.3 is 11.1 Å².